The highest BCUT2D eigenvalue weighted by Gasteiger charge is 2.06. The number of nitrogens with zero attached hydrogens (tertiary/aromatic N) is 1. The molecule has 4 rings (SSSR count). The summed E-state index contributed by atoms with van der Waals surface area (Å²) < 4.78 is 11.4. The third kappa shape index (κ3) is 4.38. The van der Waals surface area contributed by atoms with Gasteiger partial charge >= 0.3 is 0 Å². The Bertz CT molecular complexity index is 1150. The molecule has 0 fully saturated rings. The van der Waals surface area contributed by atoms with E-state index in [9.17, 15) is 5.11 Å². The molecule has 0 bridgehead atoms. The van der Waals surface area contributed by atoms with Crippen LogP contribution in [0.15, 0.2) is 78.9 Å². The molecule has 4 aromatic rings. The fourth-order valence-corrected chi connectivity index (χ4v) is 3.06. The Hall–Kier alpha value is -3.79. The van der Waals surface area contributed by atoms with E-state index >= 15 is 0 Å². The van der Waals surface area contributed by atoms with E-state index in [-0.39, 0.29) is 5.75 Å². The van der Waals surface area contributed by atoms with E-state index < -0.39 is 0 Å². The van der Waals surface area contributed by atoms with Crippen molar-refractivity contribution in [3.05, 3.63) is 95.7 Å². The predicted molar refractivity (Wildman–Crippen MR) is 116 cm³/mol. The summed E-state index contributed by atoms with van der Waals surface area (Å²) in [7, 11) is 1.63. The first-order valence-corrected chi connectivity index (χ1v) is 9.34. The summed E-state index contributed by atoms with van der Waals surface area (Å²) in [5, 5.41) is 10.9. The molecule has 0 saturated carbocycles. The maximum Gasteiger partial charge on any atom is 0.161 e. The van der Waals surface area contributed by atoms with Gasteiger partial charge in [-0.2, -0.15) is 0 Å². The molecule has 0 saturated heterocycles. The number of benzene rings is 3. The van der Waals surface area contributed by atoms with Gasteiger partial charge in [-0.15, -0.1) is 0 Å². The van der Waals surface area contributed by atoms with Crippen molar-refractivity contribution in [2.45, 2.75) is 6.61 Å². The average Bonchev–Trinajstić information content (AvgIpc) is 2.77. The summed E-state index contributed by atoms with van der Waals surface area (Å²) >= 11 is 0. The van der Waals surface area contributed by atoms with Gasteiger partial charge in [0.05, 0.1) is 12.8 Å². The summed E-state index contributed by atoms with van der Waals surface area (Å²) in [5.74, 6) is 1.55. The highest BCUT2D eigenvalue weighted by molar-refractivity contribution is 5.85. The molecule has 3 aromatic carbocycles. The van der Waals surface area contributed by atoms with Crippen molar-refractivity contribution in [2.75, 3.05) is 7.11 Å². The predicted octanol–water partition coefficient (Wildman–Crippen LogP) is 5.70. The zero-order valence-electron chi connectivity index (χ0n) is 16.1. The van der Waals surface area contributed by atoms with Crippen molar-refractivity contribution in [2.24, 2.45) is 0 Å². The Morgan fingerprint density at radius 2 is 1.72 bits per heavy atom. The normalized spacial score (nSPS) is 11.1. The summed E-state index contributed by atoms with van der Waals surface area (Å²) in [5.41, 5.74) is 3.43. The number of methoxy groups -OCH3 is 1. The molecule has 0 aliphatic carbocycles. The van der Waals surface area contributed by atoms with E-state index in [0.717, 1.165) is 22.2 Å². The number of fused-ring (bicyclic) bond motifs is 1. The van der Waals surface area contributed by atoms with Crippen molar-refractivity contribution >= 4 is 23.1 Å². The molecular weight excluding hydrogens is 362 g/mol. The van der Waals surface area contributed by atoms with Gasteiger partial charge in [-0.3, -0.25) is 0 Å². The van der Waals surface area contributed by atoms with Gasteiger partial charge in [-0.25, -0.2) is 4.98 Å². The van der Waals surface area contributed by atoms with Gasteiger partial charge in [0.15, 0.2) is 11.5 Å². The van der Waals surface area contributed by atoms with Crippen LogP contribution in [0.3, 0.4) is 0 Å². The molecule has 0 radical (unpaired) electrons. The van der Waals surface area contributed by atoms with Gasteiger partial charge in [0.25, 0.3) is 0 Å². The first-order valence-electron chi connectivity index (χ1n) is 9.34. The first kappa shape index (κ1) is 18.6. The molecule has 0 unspecified atom stereocenters. The van der Waals surface area contributed by atoms with Gasteiger partial charge in [0, 0.05) is 5.39 Å². The molecule has 144 valence electrons. The Morgan fingerprint density at radius 1 is 0.862 bits per heavy atom. The number of phenolic OH excluding ortho intramolecular Hbond substituents is 1. The smallest absolute Gasteiger partial charge is 0.161 e. The molecule has 4 nitrogen and oxygen atoms in total. The average molecular weight is 383 g/mol. The Balaban J connectivity index is 1.52. The van der Waals surface area contributed by atoms with E-state index in [4.69, 9.17) is 9.47 Å². The fourth-order valence-electron chi connectivity index (χ4n) is 3.06. The van der Waals surface area contributed by atoms with E-state index in [1.54, 1.807) is 13.2 Å². The fraction of sp³-hybridized carbons (Fsp3) is 0.0800. The van der Waals surface area contributed by atoms with Crippen LogP contribution in [-0.4, -0.2) is 17.2 Å². The van der Waals surface area contributed by atoms with Crippen LogP contribution in [0.5, 0.6) is 17.2 Å². The van der Waals surface area contributed by atoms with Crippen molar-refractivity contribution in [1.29, 1.82) is 0 Å². The molecule has 4 heteroatoms. The molecule has 1 N–H and O–H groups in total. The number of aromatic nitrogens is 1. The van der Waals surface area contributed by atoms with Crippen LogP contribution < -0.4 is 9.47 Å². The number of hydrogen-bond donors (Lipinski definition) is 1. The summed E-state index contributed by atoms with van der Waals surface area (Å²) in [4.78, 5) is 4.52. The number of ether oxygens (including phenoxy) is 2. The number of pyridine rings is 1. The van der Waals surface area contributed by atoms with Crippen molar-refractivity contribution in [3.63, 3.8) is 0 Å². The van der Waals surface area contributed by atoms with Gasteiger partial charge in [-0.1, -0.05) is 60.7 Å². The summed E-state index contributed by atoms with van der Waals surface area (Å²) in [6.45, 7) is 0.483. The van der Waals surface area contributed by atoms with Crippen LogP contribution in [0.1, 0.15) is 16.8 Å². The maximum absolute atomic E-state index is 10.00. The van der Waals surface area contributed by atoms with Crippen LogP contribution in [-0.2, 0) is 6.61 Å². The van der Waals surface area contributed by atoms with Crippen LogP contribution in [0.2, 0.25) is 0 Å². The van der Waals surface area contributed by atoms with E-state index in [2.05, 4.69) is 4.98 Å². The second kappa shape index (κ2) is 8.48. The minimum absolute atomic E-state index is 0.180. The monoisotopic (exact) mass is 383 g/mol. The van der Waals surface area contributed by atoms with Crippen molar-refractivity contribution in [3.8, 4) is 17.2 Å². The number of hydrogen-bond acceptors (Lipinski definition) is 4. The first-order chi connectivity index (χ1) is 14.2. The third-order valence-electron chi connectivity index (χ3n) is 4.59. The zero-order chi connectivity index (χ0) is 20.1. The lowest BCUT2D eigenvalue weighted by molar-refractivity contribution is 0.284. The number of rotatable bonds is 6. The summed E-state index contributed by atoms with van der Waals surface area (Å²) in [6, 6.07) is 25.1. The molecule has 0 amide bonds. The molecule has 0 aliphatic rings. The molecule has 0 spiro atoms. The highest BCUT2D eigenvalue weighted by Crippen LogP contribution is 2.30. The lowest BCUT2D eigenvalue weighted by Gasteiger charge is -2.11. The lowest BCUT2D eigenvalue weighted by atomic mass is 10.1. The SMILES string of the molecule is COc1cc(C=Cc2ccc3cccc(O)c3n2)ccc1OCc1ccccc1. The number of para-hydroxylation sites is 1. The second-order valence-corrected chi connectivity index (χ2v) is 6.60. The minimum Gasteiger partial charge on any atom is -0.506 e. The largest absolute Gasteiger partial charge is 0.506 e. The highest BCUT2D eigenvalue weighted by atomic mass is 16.5. The quantitative estimate of drug-likeness (QED) is 0.464. The van der Waals surface area contributed by atoms with Gasteiger partial charge in [0.2, 0.25) is 0 Å². The van der Waals surface area contributed by atoms with Crippen LogP contribution in [0.4, 0.5) is 0 Å². The summed E-state index contributed by atoms with van der Waals surface area (Å²) in [6.07, 6.45) is 3.86. The Morgan fingerprint density at radius 3 is 2.55 bits per heavy atom. The Labute approximate surface area is 169 Å². The van der Waals surface area contributed by atoms with Crippen molar-refractivity contribution in [1.82, 2.24) is 4.98 Å². The van der Waals surface area contributed by atoms with E-state index in [0.29, 0.717) is 23.6 Å². The van der Waals surface area contributed by atoms with Crippen LogP contribution >= 0.6 is 0 Å². The van der Waals surface area contributed by atoms with Crippen LogP contribution in [0.25, 0.3) is 23.1 Å². The van der Waals surface area contributed by atoms with E-state index in [1.165, 1.54) is 0 Å². The maximum atomic E-state index is 10.00. The van der Waals surface area contributed by atoms with Crippen LogP contribution in [0, 0.1) is 0 Å². The zero-order valence-corrected chi connectivity index (χ0v) is 16.1. The third-order valence-corrected chi connectivity index (χ3v) is 4.59. The second-order valence-electron chi connectivity index (χ2n) is 6.60. The molecule has 1 aromatic heterocycles. The molecule has 29 heavy (non-hydrogen) atoms. The number of phenols is 1. The lowest BCUT2D eigenvalue weighted by Crippen LogP contribution is -1.97. The minimum atomic E-state index is 0.180. The standard InChI is InChI=1S/C25H21NO3/c1-28-24-16-18(11-15-23(24)29-17-19-6-3-2-4-7-19)10-13-21-14-12-20-8-5-9-22(27)25(20)26-21/h2-16,27H,17H2,1H3. The molecular formula is C25H21NO3. The topological polar surface area (TPSA) is 51.6 Å². The van der Waals surface area contributed by atoms with Gasteiger partial charge < -0.3 is 14.6 Å². The molecule has 0 atom stereocenters. The molecule has 1 heterocycles. The Kier molecular flexibility index (Phi) is 5.43. The van der Waals surface area contributed by atoms with Crippen molar-refractivity contribution < 1.29 is 14.6 Å². The molecule has 0 aliphatic heterocycles. The van der Waals surface area contributed by atoms with Gasteiger partial charge in [-0.05, 0) is 41.5 Å². The number of aromatic hydroxyl groups is 1. The van der Waals surface area contributed by atoms with Gasteiger partial charge in [0.1, 0.15) is 17.9 Å². The van der Waals surface area contributed by atoms with E-state index in [1.807, 2.05) is 84.9 Å².